The number of benzene rings is 3. The second-order valence-electron chi connectivity index (χ2n) is 7.55. The van der Waals surface area contributed by atoms with Gasteiger partial charge in [0.1, 0.15) is 0 Å². The molecule has 1 aliphatic rings. The van der Waals surface area contributed by atoms with E-state index in [1.807, 2.05) is 42.2 Å². The number of carbonyl (C=O) groups excluding carboxylic acids is 1. The zero-order valence-electron chi connectivity index (χ0n) is 16.8. The first-order chi connectivity index (χ1) is 14.2. The monoisotopic (exact) mass is 379 g/mol. The van der Waals surface area contributed by atoms with Gasteiger partial charge in [-0.3, -0.25) is 4.79 Å². The van der Waals surface area contributed by atoms with E-state index in [4.69, 9.17) is 0 Å². The van der Waals surface area contributed by atoms with Crippen molar-refractivity contribution >= 4 is 16.7 Å². The first-order valence-electron chi connectivity index (χ1n) is 10.3. The summed E-state index contributed by atoms with van der Waals surface area (Å²) in [6.45, 7) is 2.61. The van der Waals surface area contributed by atoms with Crippen LogP contribution < -0.4 is 0 Å². The summed E-state index contributed by atoms with van der Waals surface area (Å²) < 4.78 is 0. The third-order valence-corrected chi connectivity index (χ3v) is 5.47. The lowest BCUT2D eigenvalue weighted by Crippen LogP contribution is -2.29. The van der Waals surface area contributed by atoms with Gasteiger partial charge in [-0.1, -0.05) is 78.7 Å². The number of amides is 1. The van der Waals surface area contributed by atoms with Crippen molar-refractivity contribution in [2.45, 2.75) is 39.2 Å². The number of rotatable bonds is 3. The summed E-state index contributed by atoms with van der Waals surface area (Å²) in [4.78, 5) is 15.0. The van der Waals surface area contributed by atoms with Crippen molar-refractivity contribution in [3.8, 4) is 11.8 Å². The standard InChI is InChI=1S/C27H25NO/c1-21-16-17-23-12-8-9-15-26(23)25(21)18-19-27(29)28(24-13-6-3-7-14-24)20-22-10-4-2-5-11-22/h2,4-5,8-13,15-17H,3,6-7,14,20H2,1H3. The Kier molecular flexibility index (Phi) is 5.77. The molecule has 0 radical (unpaired) electrons. The minimum atomic E-state index is -0.130. The molecule has 2 heteroatoms. The summed E-state index contributed by atoms with van der Waals surface area (Å²) in [5, 5.41) is 2.24. The van der Waals surface area contributed by atoms with Crippen LogP contribution in [0.2, 0.25) is 0 Å². The molecule has 0 unspecified atom stereocenters. The minimum Gasteiger partial charge on any atom is -0.301 e. The number of hydrogen-bond acceptors (Lipinski definition) is 1. The average Bonchev–Trinajstić information content (AvgIpc) is 2.78. The Morgan fingerprint density at radius 1 is 0.966 bits per heavy atom. The van der Waals surface area contributed by atoms with Gasteiger partial charge in [0.15, 0.2) is 0 Å². The van der Waals surface area contributed by atoms with Gasteiger partial charge < -0.3 is 4.90 Å². The van der Waals surface area contributed by atoms with E-state index in [0.29, 0.717) is 6.54 Å². The predicted molar refractivity (Wildman–Crippen MR) is 119 cm³/mol. The molecule has 3 aromatic rings. The second kappa shape index (κ2) is 8.80. The van der Waals surface area contributed by atoms with E-state index in [9.17, 15) is 4.79 Å². The van der Waals surface area contributed by atoms with E-state index in [1.165, 1.54) is 6.42 Å². The van der Waals surface area contributed by atoms with E-state index >= 15 is 0 Å². The number of fused-ring (bicyclic) bond motifs is 1. The first kappa shape index (κ1) is 19.0. The number of allylic oxidation sites excluding steroid dienone is 2. The van der Waals surface area contributed by atoms with Gasteiger partial charge in [0, 0.05) is 17.2 Å². The van der Waals surface area contributed by atoms with Crippen LogP contribution >= 0.6 is 0 Å². The molecular weight excluding hydrogens is 354 g/mol. The van der Waals surface area contributed by atoms with Crippen LogP contribution in [0, 0.1) is 18.8 Å². The van der Waals surface area contributed by atoms with Crippen LogP contribution in [0.3, 0.4) is 0 Å². The van der Waals surface area contributed by atoms with Crippen LogP contribution in [-0.2, 0) is 11.3 Å². The van der Waals surface area contributed by atoms with Crippen LogP contribution in [0.15, 0.2) is 78.5 Å². The van der Waals surface area contributed by atoms with Crippen LogP contribution in [0.25, 0.3) is 10.8 Å². The highest BCUT2D eigenvalue weighted by Crippen LogP contribution is 2.24. The highest BCUT2D eigenvalue weighted by molar-refractivity contribution is 5.97. The molecule has 1 aliphatic carbocycles. The van der Waals surface area contributed by atoms with E-state index in [0.717, 1.165) is 52.4 Å². The lowest BCUT2D eigenvalue weighted by molar-refractivity contribution is -0.124. The van der Waals surface area contributed by atoms with E-state index in [2.05, 4.69) is 54.3 Å². The van der Waals surface area contributed by atoms with Crippen LogP contribution in [0.4, 0.5) is 0 Å². The lowest BCUT2D eigenvalue weighted by Gasteiger charge is -2.26. The fraction of sp³-hybridized carbons (Fsp3) is 0.222. The summed E-state index contributed by atoms with van der Waals surface area (Å²) in [6, 6.07) is 22.5. The molecule has 1 amide bonds. The summed E-state index contributed by atoms with van der Waals surface area (Å²) in [5.41, 5.74) is 4.26. The normalized spacial score (nSPS) is 13.3. The van der Waals surface area contributed by atoms with E-state index in [1.54, 1.807) is 0 Å². The van der Waals surface area contributed by atoms with Crippen molar-refractivity contribution in [2.24, 2.45) is 0 Å². The van der Waals surface area contributed by atoms with Crippen LogP contribution in [0.1, 0.15) is 42.4 Å². The maximum atomic E-state index is 13.2. The van der Waals surface area contributed by atoms with Crippen molar-refractivity contribution in [2.75, 3.05) is 0 Å². The molecule has 0 saturated heterocycles. The molecule has 0 bridgehead atoms. The maximum Gasteiger partial charge on any atom is 0.303 e. The van der Waals surface area contributed by atoms with Crippen molar-refractivity contribution in [3.63, 3.8) is 0 Å². The number of nitrogens with zero attached hydrogens (tertiary/aromatic N) is 1. The second-order valence-corrected chi connectivity index (χ2v) is 7.55. The zero-order valence-corrected chi connectivity index (χ0v) is 16.8. The molecule has 0 saturated carbocycles. The highest BCUT2D eigenvalue weighted by atomic mass is 16.2. The van der Waals surface area contributed by atoms with Crippen molar-refractivity contribution in [3.05, 3.63) is 95.2 Å². The molecule has 0 atom stereocenters. The van der Waals surface area contributed by atoms with Gasteiger partial charge in [-0.15, -0.1) is 0 Å². The van der Waals surface area contributed by atoms with E-state index < -0.39 is 0 Å². The molecule has 0 N–H and O–H groups in total. The summed E-state index contributed by atoms with van der Waals surface area (Å²) >= 11 is 0. The number of aryl methyl sites for hydroxylation is 1. The third-order valence-electron chi connectivity index (χ3n) is 5.47. The molecule has 4 rings (SSSR count). The van der Waals surface area contributed by atoms with Gasteiger partial charge in [-0.05, 0) is 54.5 Å². The fourth-order valence-corrected chi connectivity index (χ4v) is 3.87. The predicted octanol–water partition coefficient (Wildman–Crippen LogP) is 5.99. The SMILES string of the molecule is Cc1ccc2ccccc2c1C#CC(=O)N(Cc1ccccc1)C1=CCCCC1. The quantitative estimate of drug-likeness (QED) is 0.512. The van der Waals surface area contributed by atoms with Gasteiger partial charge in [0.05, 0.1) is 6.54 Å². The number of hydrogen-bond donors (Lipinski definition) is 0. The molecule has 3 aromatic carbocycles. The van der Waals surface area contributed by atoms with Crippen molar-refractivity contribution < 1.29 is 4.79 Å². The molecular formula is C27H25NO. The largest absolute Gasteiger partial charge is 0.303 e. The fourth-order valence-electron chi connectivity index (χ4n) is 3.87. The van der Waals surface area contributed by atoms with Crippen molar-refractivity contribution in [1.82, 2.24) is 4.90 Å². The Balaban J connectivity index is 1.68. The van der Waals surface area contributed by atoms with Crippen LogP contribution in [0.5, 0.6) is 0 Å². The van der Waals surface area contributed by atoms with Gasteiger partial charge in [-0.25, -0.2) is 0 Å². The summed E-state index contributed by atoms with van der Waals surface area (Å²) in [6.07, 6.45) is 6.49. The number of carbonyl (C=O) groups is 1. The molecule has 0 heterocycles. The molecule has 2 nitrogen and oxygen atoms in total. The molecule has 144 valence electrons. The Bertz CT molecular complexity index is 1120. The Hall–Kier alpha value is -3.31. The zero-order chi connectivity index (χ0) is 20.1. The Labute approximate surface area is 172 Å². The molecule has 0 fully saturated rings. The van der Waals surface area contributed by atoms with Gasteiger partial charge >= 0.3 is 5.91 Å². The van der Waals surface area contributed by atoms with Gasteiger partial charge in [0.2, 0.25) is 0 Å². The Morgan fingerprint density at radius 3 is 2.55 bits per heavy atom. The maximum absolute atomic E-state index is 13.2. The van der Waals surface area contributed by atoms with Crippen molar-refractivity contribution in [1.29, 1.82) is 0 Å². The summed E-state index contributed by atoms with van der Waals surface area (Å²) in [5.74, 6) is 6.01. The van der Waals surface area contributed by atoms with Crippen LogP contribution in [-0.4, -0.2) is 10.8 Å². The molecule has 0 aliphatic heterocycles. The minimum absolute atomic E-state index is 0.130. The Morgan fingerprint density at radius 2 is 1.76 bits per heavy atom. The molecule has 0 spiro atoms. The third kappa shape index (κ3) is 4.41. The first-order valence-corrected chi connectivity index (χ1v) is 10.3. The van der Waals surface area contributed by atoms with Gasteiger partial charge in [0.25, 0.3) is 0 Å². The molecule has 0 aromatic heterocycles. The lowest BCUT2D eigenvalue weighted by atomic mass is 10.00. The van der Waals surface area contributed by atoms with Gasteiger partial charge in [-0.2, -0.15) is 0 Å². The highest BCUT2D eigenvalue weighted by Gasteiger charge is 2.18. The topological polar surface area (TPSA) is 20.3 Å². The smallest absolute Gasteiger partial charge is 0.301 e. The summed E-state index contributed by atoms with van der Waals surface area (Å²) in [7, 11) is 0. The average molecular weight is 380 g/mol. The molecule has 29 heavy (non-hydrogen) atoms. The van der Waals surface area contributed by atoms with E-state index in [-0.39, 0.29) is 5.91 Å².